The SMILES string of the molecule is CC(O)CCN(C)C(=O)c1ccccc1-c1ccccc1C#N. The smallest absolute Gasteiger partial charge is 0.254 e. The Morgan fingerprint density at radius 1 is 1.17 bits per heavy atom. The molecule has 1 unspecified atom stereocenters. The van der Waals surface area contributed by atoms with Crippen molar-refractivity contribution in [1.82, 2.24) is 4.90 Å². The Hall–Kier alpha value is -2.64. The van der Waals surface area contributed by atoms with Gasteiger partial charge in [0.25, 0.3) is 5.91 Å². The van der Waals surface area contributed by atoms with E-state index in [2.05, 4.69) is 6.07 Å². The minimum atomic E-state index is -0.445. The lowest BCUT2D eigenvalue weighted by Crippen LogP contribution is -2.29. The molecule has 0 radical (unpaired) electrons. The third kappa shape index (κ3) is 3.97. The first-order chi connectivity index (χ1) is 11.0. The molecule has 0 bridgehead atoms. The maximum Gasteiger partial charge on any atom is 0.254 e. The average molecular weight is 308 g/mol. The van der Waals surface area contributed by atoms with E-state index in [9.17, 15) is 15.2 Å². The molecule has 2 aromatic rings. The summed E-state index contributed by atoms with van der Waals surface area (Å²) < 4.78 is 0. The molecule has 2 rings (SSSR count). The first kappa shape index (κ1) is 16.7. The van der Waals surface area contributed by atoms with E-state index in [0.717, 1.165) is 11.1 Å². The number of nitriles is 1. The van der Waals surface area contributed by atoms with E-state index in [0.29, 0.717) is 24.1 Å². The van der Waals surface area contributed by atoms with Crippen LogP contribution in [0.4, 0.5) is 0 Å². The number of carbonyl (C=O) groups excluding carboxylic acids is 1. The third-order valence-corrected chi connectivity index (χ3v) is 3.72. The van der Waals surface area contributed by atoms with Crippen LogP contribution in [0, 0.1) is 11.3 Å². The van der Waals surface area contributed by atoms with E-state index in [1.165, 1.54) is 0 Å². The molecular weight excluding hydrogens is 288 g/mol. The summed E-state index contributed by atoms with van der Waals surface area (Å²) in [7, 11) is 1.72. The zero-order valence-corrected chi connectivity index (χ0v) is 13.4. The summed E-state index contributed by atoms with van der Waals surface area (Å²) in [4.78, 5) is 14.3. The van der Waals surface area contributed by atoms with Gasteiger partial charge in [-0.3, -0.25) is 4.79 Å². The van der Waals surface area contributed by atoms with Crippen LogP contribution in [0.25, 0.3) is 11.1 Å². The molecule has 4 heteroatoms. The molecule has 118 valence electrons. The Morgan fingerprint density at radius 3 is 2.43 bits per heavy atom. The standard InChI is InChI=1S/C19H20N2O2/c1-14(22)11-12-21(2)19(23)18-10-6-5-9-17(18)16-8-4-3-7-15(16)13-20/h3-10,14,22H,11-12H2,1-2H3. The molecule has 0 saturated heterocycles. The molecule has 0 fully saturated rings. The Balaban J connectivity index is 2.38. The van der Waals surface area contributed by atoms with Gasteiger partial charge in [0.15, 0.2) is 0 Å². The molecule has 0 spiro atoms. The maximum absolute atomic E-state index is 12.7. The van der Waals surface area contributed by atoms with Crippen LogP contribution in [0.2, 0.25) is 0 Å². The van der Waals surface area contributed by atoms with Crippen molar-refractivity contribution in [2.45, 2.75) is 19.4 Å². The molecule has 23 heavy (non-hydrogen) atoms. The molecule has 0 aromatic heterocycles. The number of hydrogen-bond acceptors (Lipinski definition) is 3. The zero-order valence-electron chi connectivity index (χ0n) is 13.4. The highest BCUT2D eigenvalue weighted by Gasteiger charge is 2.18. The van der Waals surface area contributed by atoms with Crippen molar-refractivity contribution < 1.29 is 9.90 Å². The summed E-state index contributed by atoms with van der Waals surface area (Å²) in [6.45, 7) is 2.18. The Kier molecular flexibility index (Phi) is 5.51. The molecule has 1 N–H and O–H groups in total. The number of aliphatic hydroxyl groups excluding tert-OH is 1. The van der Waals surface area contributed by atoms with E-state index < -0.39 is 6.10 Å². The summed E-state index contributed by atoms with van der Waals surface area (Å²) in [5, 5.41) is 18.7. The maximum atomic E-state index is 12.7. The molecule has 0 aliphatic heterocycles. The number of aliphatic hydroxyl groups is 1. The van der Waals surface area contributed by atoms with Crippen molar-refractivity contribution >= 4 is 5.91 Å². The van der Waals surface area contributed by atoms with Crippen molar-refractivity contribution in [2.24, 2.45) is 0 Å². The topological polar surface area (TPSA) is 64.3 Å². The molecule has 1 amide bonds. The third-order valence-electron chi connectivity index (χ3n) is 3.72. The second-order valence-electron chi connectivity index (χ2n) is 5.57. The lowest BCUT2D eigenvalue weighted by molar-refractivity contribution is 0.0769. The van der Waals surface area contributed by atoms with Crippen LogP contribution in [0.1, 0.15) is 29.3 Å². The number of amides is 1. The molecule has 2 aromatic carbocycles. The number of hydrogen-bond donors (Lipinski definition) is 1. The number of benzene rings is 2. The van der Waals surface area contributed by atoms with Crippen LogP contribution >= 0.6 is 0 Å². The van der Waals surface area contributed by atoms with Gasteiger partial charge in [0, 0.05) is 24.7 Å². The highest BCUT2D eigenvalue weighted by molar-refractivity contribution is 6.01. The fraction of sp³-hybridized carbons (Fsp3) is 0.263. The van der Waals surface area contributed by atoms with Crippen molar-refractivity contribution in [3.8, 4) is 17.2 Å². The zero-order chi connectivity index (χ0) is 16.8. The largest absolute Gasteiger partial charge is 0.393 e. The fourth-order valence-corrected chi connectivity index (χ4v) is 2.41. The van der Waals surface area contributed by atoms with Gasteiger partial charge < -0.3 is 10.0 Å². The Morgan fingerprint density at radius 2 is 1.78 bits per heavy atom. The summed E-state index contributed by atoms with van der Waals surface area (Å²) in [5.74, 6) is -0.117. The minimum Gasteiger partial charge on any atom is -0.393 e. The fourth-order valence-electron chi connectivity index (χ4n) is 2.41. The lowest BCUT2D eigenvalue weighted by Gasteiger charge is -2.20. The predicted octanol–water partition coefficient (Wildman–Crippen LogP) is 3.07. The van der Waals surface area contributed by atoms with Crippen LogP contribution in [0.3, 0.4) is 0 Å². The Labute approximate surface area is 136 Å². The molecule has 0 aliphatic rings. The second kappa shape index (κ2) is 7.57. The van der Waals surface area contributed by atoms with Gasteiger partial charge in [-0.15, -0.1) is 0 Å². The molecule has 4 nitrogen and oxygen atoms in total. The van der Waals surface area contributed by atoms with Gasteiger partial charge in [0.1, 0.15) is 0 Å². The van der Waals surface area contributed by atoms with Gasteiger partial charge in [-0.05, 0) is 31.0 Å². The molecular formula is C19H20N2O2. The van der Waals surface area contributed by atoms with Crippen molar-refractivity contribution in [3.05, 3.63) is 59.7 Å². The quantitative estimate of drug-likeness (QED) is 0.923. The van der Waals surface area contributed by atoms with Crippen LogP contribution < -0.4 is 0 Å². The summed E-state index contributed by atoms with van der Waals surface area (Å²) in [5.41, 5.74) is 2.60. The second-order valence-corrected chi connectivity index (χ2v) is 5.57. The van der Waals surface area contributed by atoms with Crippen LogP contribution in [-0.4, -0.2) is 35.6 Å². The van der Waals surface area contributed by atoms with Gasteiger partial charge in [-0.2, -0.15) is 5.26 Å². The summed E-state index contributed by atoms with van der Waals surface area (Å²) in [6, 6.07) is 16.7. The average Bonchev–Trinajstić information content (AvgIpc) is 2.58. The van der Waals surface area contributed by atoms with Gasteiger partial charge in [-0.25, -0.2) is 0 Å². The van der Waals surface area contributed by atoms with Crippen molar-refractivity contribution in [1.29, 1.82) is 5.26 Å². The monoisotopic (exact) mass is 308 g/mol. The van der Waals surface area contributed by atoms with E-state index in [1.807, 2.05) is 30.3 Å². The number of carbonyl (C=O) groups is 1. The van der Waals surface area contributed by atoms with E-state index in [4.69, 9.17) is 0 Å². The van der Waals surface area contributed by atoms with E-state index >= 15 is 0 Å². The molecule has 0 aliphatic carbocycles. The molecule has 1 atom stereocenters. The van der Waals surface area contributed by atoms with Crippen LogP contribution in [0.15, 0.2) is 48.5 Å². The summed E-state index contributed by atoms with van der Waals surface area (Å²) >= 11 is 0. The van der Waals surface area contributed by atoms with Crippen molar-refractivity contribution in [3.63, 3.8) is 0 Å². The van der Waals surface area contributed by atoms with Gasteiger partial charge in [-0.1, -0.05) is 36.4 Å². The van der Waals surface area contributed by atoms with Gasteiger partial charge in [0.2, 0.25) is 0 Å². The first-order valence-electron chi connectivity index (χ1n) is 7.56. The normalized spacial score (nSPS) is 11.6. The Bertz CT molecular complexity index is 732. The minimum absolute atomic E-state index is 0.117. The van der Waals surface area contributed by atoms with Crippen LogP contribution in [-0.2, 0) is 0 Å². The molecule has 0 saturated carbocycles. The van der Waals surface area contributed by atoms with E-state index in [-0.39, 0.29) is 5.91 Å². The van der Waals surface area contributed by atoms with Gasteiger partial charge >= 0.3 is 0 Å². The summed E-state index contributed by atoms with van der Waals surface area (Å²) in [6.07, 6.45) is 0.0824. The highest BCUT2D eigenvalue weighted by atomic mass is 16.3. The number of rotatable bonds is 5. The first-order valence-corrected chi connectivity index (χ1v) is 7.56. The van der Waals surface area contributed by atoms with Crippen LogP contribution in [0.5, 0.6) is 0 Å². The predicted molar refractivity (Wildman–Crippen MR) is 89.9 cm³/mol. The van der Waals surface area contributed by atoms with Crippen molar-refractivity contribution in [2.75, 3.05) is 13.6 Å². The van der Waals surface area contributed by atoms with E-state index in [1.54, 1.807) is 37.1 Å². The lowest BCUT2D eigenvalue weighted by atomic mass is 9.95. The van der Waals surface area contributed by atoms with Gasteiger partial charge in [0.05, 0.1) is 17.7 Å². The molecule has 0 heterocycles. The number of nitrogens with zero attached hydrogens (tertiary/aromatic N) is 2. The highest BCUT2D eigenvalue weighted by Crippen LogP contribution is 2.27.